The van der Waals surface area contributed by atoms with Crippen LogP contribution >= 0.6 is 11.3 Å². The Labute approximate surface area is 189 Å². The normalized spacial score (nSPS) is 15.9. The first-order valence-electron chi connectivity index (χ1n) is 10.9. The highest BCUT2D eigenvalue weighted by Gasteiger charge is 2.21. The van der Waals surface area contributed by atoms with E-state index in [0.717, 1.165) is 55.3 Å². The van der Waals surface area contributed by atoms with Gasteiger partial charge in [-0.05, 0) is 27.8 Å². The van der Waals surface area contributed by atoms with E-state index < -0.39 is 0 Å². The Hall–Kier alpha value is -3.07. The van der Waals surface area contributed by atoms with E-state index in [1.54, 1.807) is 11.6 Å². The van der Waals surface area contributed by atoms with Crippen LogP contribution in [0.15, 0.2) is 58.7 Å². The monoisotopic (exact) mass is 444 g/mol. The zero-order valence-corrected chi connectivity index (χ0v) is 18.8. The van der Waals surface area contributed by atoms with E-state index >= 15 is 0 Å². The third kappa shape index (κ3) is 3.23. The van der Waals surface area contributed by atoms with Crippen LogP contribution in [-0.4, -0.2) is 55.1 Å². The second-order valence-electron chi connectivity index (χ2n) is 8.44. The molecular weight excluding hydrogens is 420 g/mol. The molecule has 8 heteroatoms. The highest BCUT2D eigenvalue weighted by molar-refractivity contribution is 7.17. The summed E-state index contributed by atoms with van der Waals surface area (Å²) < 4.78 is 4.38. The Kier molecular flexibility index (Phi) is 4.78. The lowest BCUT2D eigenvalue weighted by Crippen LogP contribution is -2.45. The molecule has 0 N–H and O–H groups in total. The summed E-state index contributed by atoms with van der Waals surface area (Å²) >= 11 is 1.47. The van der Waals surface area contributed by atoms with Crippen molar-refractivity contribution in [1.82, 2.24) is 29.0 Å². The molecule has 1 fully saturated rings. The van der Waals surface area contributed by atoms with Crippen molar-refractivity contribution in [3.8, 4) is 0 Å². The maximum atomic E-state index is 12.5. The van der Waals surface area contributed by atoms with Gasteiger partial charge in [0.1, 0.15) is 4.70 Å². The molecular formula is C24H24N6OS. The molecule has 0 amide bonds. The highest BCUT2D eigenvalue weighted by Crippen LogP contribution is 2.22. The summed E-state index contributed by atoms with van der Waals surface area (Å²) in [6.45, 7) is 5.71. The van der Waals surface area contributed by atoms with Gasteiger partial charge in [-0.15, -0.1) is 21.5 Å². The summed E-state index contributed by atoms with van der Waals surface area (Å²) in [5, 5.41) is 13.4. The molecule has 162 valence electrons. The maximum absolute atomic E-state index is 12.5. The largest absolute Gasteiger partial charge is 0.297 e. The number of aromatic nitrogens is 4. The first kappa shape index (κ1) is 19.6. The van der Waals surface area contributed by atoms with E-state index in [9.17, 15) is 4.79 Å². The molecule has 3 aromatic heterocycles. The Bertz CT molecular complexity index is 1490. The average molecular weight is 445 g/mol. The lowest BCUT2D eigenvalue weighted by molar-refractivity contribution is 0.120. The molecule has 6 rings (SSSR count). The van der Waals surface area contributed by atoms with Crippen LogP contribution in [0.5, 0.6) is 0 Å². The molecule has 32 heavy (non-hydrogen) atoms. The van der Waals surface area contributed by atoms with Crippen LogP contribution in [0.3, 0.4) is 0 Å². The van der Waals surface area contributed by atoms with Crippen molar-refractivity contribution in [3.63, 3.8) is 0 Å². The molecule has 7 nitrogen and oxygen atoms in total. The minimum absolute atomic E-state index is 0.0106. The molecule has 2 aromatic carbocycles. The first-order valence-corrected chi connectivity index (χ1v) is 11.8. The number of fused-ring (bicyclic) bond motifs is 4. The fourth-order valence-electron chi connectivity index (χ4n) is 4.73. The van der Waals surface area contributed by atoms with Gasteiger partial charge >= 0.3 is 0 Å². The van der Waals surface area contributed by atoms with Crippen LogP contribution in [0.4, 0.5) is 0 Å². The van der Waals surface area contributed by atoms with Crippen LogP contribution in [0, 0.1) is 0 Å². The number of nitrogens with zero attached hydrogens (tertiary/aromatic N) is 6. The molecule has 0 radical (unpaired) electrons. The number of piperazine rings is 1. The topological polar surface area (TPSA) is 58.7 Å². The van der Waals surface area contributed by atoms with Gasteiger partial charge in [-0.3, -0.25) is 23.6 Å². The number of rotatable bonds is 4. The second-order valence-corrected chi connectivity index (χ2v) is 9.36. The van der Waals surface area contributed by atoms with Gasteiger partial charge in [0.05, 0.1) is 12.1 Å². The van der Waals surface area contributed by atoms with E-state index in [1.165, 1.54) is 27.7 Å². The van der Waals surface area contributed by atoms with Gasteiger partial charge in [-0.1, -0.05) is 42.5 Å². The highest BCUT2D eigenvalue weighted by atomic mass is 32.1. The summed E-state index contributed by atoms with van der Waals surface area (Å²) in [6, 6.07) is 17.2. The van der Waals surface area contributed by atoms with Crippen LogP contribution in [0.1, 0.15) is 11.4 Å². The van der Waals surface area contributed by atoms with Crippen molar-refractivity contribution in [2.75, 3.05) is 26.2 Å². The molecule has 5 aromatic rings. The molecule has 0 spiro atoms. The van der Waals surface area contributed by atoms with E-state index in [4.69, 9.17) is 0 Å². The van der Waals surface area contributed by atoms with E-state index in [2.05, 4.69) is 62.5 Å². The van der Waals surface area contributed by atoms with Crippen molar-refractivity contribution in [2.24, 2.45) is 7.05 Å². The van der Waals surface area contributed by atoms with Gasteiger partial charge in [0.15, 0.2) is 5.82 Å². The van der Waals surface area contributed by atoms with Gasteiger partial charge in [-0.2, -0.15) is 0 Å². The Morgan fingerprint density at radius 2 is 1.66 bits per heavy atom. The van der Waals surface area contributed by atoms with Gasteiger partial charge in [0, 0.05) is 39.8 Å². The van der Waals surface area contributed by atoms with Gasteiger partial charge in [0.25, 0.3) is 5.56 Å². The lowest BCUT2D eigenvalue weighted by Gasteiger charge is -2.34. The lowest BCUT2D eigenvalue weighted by atomic mass is 10.0. The van der Waals surface area contributed by atoms with E-state index in [1.807, 2.05) is 15.8 Å². The number of aryl methyl sites for hydroxylation is 1. The number of hydrogen-bond acceptors (Lipinski definition) is 6. The number of hydrogen-bond donors (Lipinski definition) is 0. The predicted octanol–water partition coefficient (Wildman–Crippen LogP) is 3.11. The van der Waals surface area contributed by atoms with Crippen LogP contribution in [0.2, 0.25) is 0 Å². The summed E-state index contributed by atoms with van der Waals surface area (Å²) in [7, 11) is 1.77. The van der Waals surface area contributed by atoms with Gasteiger partial charge < -0.3 is 0 Å². The molecule has 0 unspecified atom stereocenters. The minimum atomic E-state index is -0.0106. The minimum Gasteiger partial charge on any atom is -0.297 e. The summed E-state index contributed by atoms with van der Waals surface area (Å²) in [5.41, 5.74) is 2.28. The average Bonchev–Trinajstić information content (AvgIpc) is 3.46. The maximum Gasteiger partial charge on any atom is 0.272 e. The van der Waals surface area contributed by atoms with Crippen molar-refractivity contribution in [2.45, 2.75) is 13.1 Å². The summed E-state index contributed by atoms with van der Waals surface area (Å²) in [4.78, 5) is 17.5. The second kappa shape index (κ2) is 7.81. The Morgan fingerprint density at radius 1 is 0.906 bits per heavy atom. The smallest absolute Gasteiger partial charge is 0.272 e. The number of thiophene rings is 1. The fourth-order valence-corrected chi connectivity index (χ4v) is 5.58. The van der Waals surface area contributed by atoms with Crippen molar-refractivity contribution in [3.05, 3.63) is 75.7 Å². The van der Waals surface area contributed by atoms with Gasteiger partial charge in [-0.25, -0.2) is 0 Å². The molecule has 1 aliphatic rings. The standard InChI is InChI=1S/C24H24N6OS/c1-27-23(31)22-20(9-14-32-22)30-21(25-26-24(27)30)16-29-12-10-28(11-13-29)15-18-7-4-6-17-5-2-3-8-19(17)18/h2-9,14H,10-13,15-16H2,1H3. The molecule has 4 heterocycles. The molecule has 1 saturated heterocycles. The molecule has 0 atom stereocenters. The van der Waals surface area contributed by atoms with Crippen LogP contribution < -0.4 is 5.56 Å². The third-order valence-electron chi connectivity index (χ3n) is 6.50. The summed E-state index contributed by atoms with van der Waals surface area (Å²) in [6.07, 6.45) is 0. The predicted molar refractivity (Wildman–Crippen MR) is 128 cm³/mol. The van der Waals surface area contributed by atoms with Crippen molar-refractivity contribution >= 4 is 38.1 Å². The zero-order valence-electron chi connectivity index (χ0n) is 17.9. The van der Waals surface area contributed by atoms with Gasteiger partial charge in [0.2, 0.25) is 5.78 Å². The van der Waals surface area contributed by atoms with E-state index in [-0.39, 0.29) is 5.56 Å². The Balaban J connectivity index is 1.19. The summed E-state index contributed by atoms with van der Waals surface area (Å²) in [5.74, 6) is 1.49. The SMILES string of the molecule is Cn1c(=O)c2sccc2n2c(CN3CCN(Cc4cccc5ccccc45)CC3)nnc12. The van der Waals surface area contributed by atoms with Crippen LogP contribution in [-0.2, 0) is 20.1 Å². The fraction of sp³-hybridized carbons (Fsp3) is 0.292. The quantitative estimate of drug-likeness (QED) is 0.426. The van der Waals surface area contributed by atoms with Crippen LogP contribution in [0.25, 0.3) is 26.8 Å². The van der Waals surface area contributed by atoms with E-state index in [0.29, 0.717) is 5.78 Å². The first-order chi connectivity index (χ1) is 15.7. The van der Waals surface area contributed by atoms with Crippen molar-refractivity contribution in [1.29, 1.82) is 0 Å². The molecule has 0 aliphatic carbocycles. The zero-order chi connectivity index (χ0) is 21.7. The Morgan fingerprint density at radius 3 is 2.50 bits per heavy atom. The van der Waals surface area contributed by atoms with Crippen molar-refractivity contribution < 1.29 is 0 Å². The third-order valence-corrected chi connectivity index (χ3v) is 7.39. The molecule has 0 saturated carbocycles. The molecule has 0 bridgehead atoms. The molecule has 1 aliphatic heterocycles. The number of benzene rings is 2.